The molecule has 1 saturated heterocycles. The van der Waals surface area contributed by atoms with Crippen molar-refractivity contribution in [1.82, 2.24) is 0 Å². The van der Waals surface area contributed by atoms with Crippen LogP contribution in [0.4, 0.5) is 0 Å². The van der Waals surface area contributed by atoms with Gasteiger partial charge in [0.15, 0.2) is 0 Å². The molecule has 5 heteroatoms. The van der Waals surface area contributed by atoms with Crippen LogP contribution in [0, 0.1) is 23.7 Å². The fraction of sp³-hybridized carbons (Fsp3) is 0.619. The summed E-state index contributed by atoms with van der Waals surface area (Å²) in [6.45, 7) is 6.88. The number of esters is 2. The fourth-order valence-electron chi connectivity index (χ4n) is 3.91. The van der Waals surface area contributed by atoms with Crippen LogP contribution in [-0.4, -0.2) is 24.6 Å². The third-order valence-electron chi connectivity index (χ3n) is 5.57. The monoisotopic (exact) mass is 360 g/mol. The van der Waals surface area contributed by atoms with Crippen molar-refractivity contribution in [3.8, 4) is 11.5 Å². The van der Waals surface area contributed by atoms with Crippen LogP contribution < -0.4 is 9.47 Å². The second-order valence-corrected chi connectivity index (χ2v) is 7.55. The van der Waals surface area contributed by atoms with Crippen molar-refractivity contribution >= 4 is 11.9 Å². The number of ether oxygens (including phenoxy) is 3. The lowest BCUT2D eigenvalue weighted by Crippen LogP contribution is -2.26. The number of epoxide rings is 1. The van der Waals surface area contributed by atoms with Gasteiger partial charge in [-0.2, -0.15) is 0 Å². The van der Waals surface area contributed by atoms with E-state index in [0.717, 1.165) is 32.3 Å². The molecule has 1 aliphatic heterocycles. The molecule has 0 amide bonds. The third-order valence-corrected chi connectivity index (χ3v) is 5.57. The van der Waals surface area contributed by atoms with Crippen LogP contribution in [0.25, 0.3) is 0 Å². The molecule has 4 atom stereocenters. The zero-order valence-electron chi connectivity index (χ0n) is 15.8. The maximum Gasteiger partial charge on any atom is 0.314 e. The van der Waals surface area contributed by atoms with Gasteiger partial charge in [0.05, 0.1) is 24.5 Å². The van der Waals surface area contributed by atoms with Gasteiger partial charge in [-0.1, -0.05) is 20.8 Å². The molecular weight excluding hydrogens is 332 g/mol. The Labute approximate surface area is 155 Å². The maximum atomic E-state index is 12.6. The van der Waals surface area contributed by atoms with Crippen molar-refractivity contribution in [3.05, 3.63) is 24.3 Å². The zero-order valence-corrected chi connectivity index (χ0v) is 15.8. The summed E-state index contributed by atoms with van der Waals surface area (Å²) in [6.07, 6.45) is 3.63. The van der Waals surface area contributed by atoms with E-state index < -0.39 is 0 Å². The second kappa shape index (κ2) is 8.21. The molecule has 5 nitrogen and oxygen atoms in total. The fourth-order valence-corrected chi connectivity index (χ4v) is 3.91. The normalized spacial score (nSPS) is 27.4. The van der Waals surface area contributed by atoms with Gasteiger partial charge in [0.2, 0.25) is 0 Å². The zero-order chi connectivity index (χ0) is 18.7. The Kier molecular flexibility index (Phi) is 5.97. The van der Waals surface area contributed by atoms with Gasteiger partial charge in [-0.05, 0) is 55.9 Å². The Morgan fingerprint density at radius 1 is 1.08 bits per heavy atom. The first kappa shape index (κ1) is 18.9. The van der Waals surface area contributed by atoms with Crippen LogP contribution in [0.1, 0.15) is 46.5 Å². The van der Waals surface area contributed by atoms with Gasteiger partial charge in [-0.3, -0.25) is 9.59 Å². The molecule has 0 N–H and O–H groups in total. The molecule has 0 aromatic heterocycles. The van der Waals surface area contributed by atoms with Gasteiger partial charge >= 0.3 is 11.9 Å². The van der Waals surface area contributed by atoms with Crippen LogP contribution in [0.2, 0.25) is 0 Å². The van der Waals surface area contributed by atoms with E-state index in [2.05, 4.69) is 6.92 Å². The molecule has 2 aliphatic rings. The van der Waals surface area contributed by atoms with Crippen molar-refractivity contribution < 1.29 is 23.8 Å². The van der Waals surface area contributed by atoms with Crippen LogP contribution in [0.5, 0.6) is 11.5 Å². The van der Waals surface area contributed by atoms with E-state index in [0.29, 0.717) is 17.4 Å². The van der Waals surface area contributed by atoms with Crippen molar-refractivity contribution in [2.45, 2.75) is 52.6 Å². The average Bonchev–Trinajstić information content (AvgIpc) is 3.39. The smallest absolute Gasteiger partial charge is 0.314 e. The van der Waals surface area contributed by atoms with E-state index in [9.17, 15) is 9.59 Å². The van der Waals surface area contributed by atoms with Crippen LogP contribution in [0.3, 0.4) is 0 Å². The summed E-state index contributed by atoms with van der Waals surface area (Å²) in [5, 5.41) is 0. The van der Waals surface area contributed by atoms with Crippen LogP contribution >= 0.6 is 0 Å². The maximum absolute atomic E-state index is 12.6. The number of hydrogen-bond donors (Lipinski definition) is 0. The molecule has 1 aromatic rings. The predicted octanol–water partition coefficient (Wildman–Crippen LogP) is 3.99. The molecule has 0 radical (unpaired) electrons. The van der Waals surface area contributed by atoms with Crippen molar-refractivity contribution in [2.75, 3.05) is 6.61 Å². The van der Waals surface area contributed by atoms with Gasteiger partial charge in [0.1, 0.15) is 11.5 Å². The highest BCUT2D eigenvalue weighted by Gasteiger charge is 2.47. The lowest BCUT2D eigenvalue weighted by Gasteiger charge is -2.16. The lowest BCUT2D eigenvalue weighted by atomic mass is 9.93. The van der Waals surface area contributed by atoms with Crippen molar-refractivity contribution in [3.63, 3.8) is 0 Å². The Morgan fingerprint density at radius 2 is 1.65 bits per heavy atom. The summed E-state index contributed by atoms with van der Waals surface area (Å²) in [6, 6.07) is 6.69. The highest BCUT2D eigenvalue weighted by molar-refractivity contribution is 5.76. The summed E-state index contributed by atoms with van der Waals surface area (Å²) in [5.41, 5.74) is 0. The molecular formula is C21H28O5. The molecule has 4 unspecified atom stereocenters. The molecule has 1 saturated carbocycles. The van der Waals surface area contributed by atoms with Gasteiger partial charge in [-0.25, -0.2) is 0 Å². The number of benzene rings is 1. The minimum Gasteiger partial charge on any atom is -0.426 e. The average molecular weight is 360 g/mol. The first-order valence-electron chi connectivity index (χ1n) is 9.66. The summed E-state index contributed by atoms with van der Waals surface area (Å²) in [5.74, 6) is 1.17. The van der Waals surface area contributed by atoms with E-state index in [1.165, 1.54) is 0 Å². The standard InChI is InChI=1S/C21H28O5/c1-4-14(5-2)20(22)25-15-6-8-16(9-7-15)26-21(23)18-11-13(3)10-17(18)19-12-24-19/h6-9,13-14,17-19H,4-5,10-12H2,1-3H3. The topological polar surface area (TPSA) is 65.1 Å². The molecule has 3 rings (SSSR count). The molecule has 1 aliphatic carbocycles. The van der Waals surface area contributed by atoms with Crippen molar-refractivity contribution in [2.24, 2.45) is 23.7 Å². The Hall–Kier alpha value is -1.88. The summed E-state index contributed by atoms with van der Waals surface area (Å²) in [7, 11) is 0. The molecule has 2 fully saturated rings. The quantitative estimate of drug-likeness (QED) is 0.418. The number of carbonyl (C=O) groups is 2. The molecule has 26 heavy (non-hydrogen) atoms. The molecule has 0 bridgehead atoms. The Morgan fingerprint density at radius 3 is 2.19 bits per heavy atom. The van der Waals surface area contributed by atoms with Crippen LogP contribution in [0.15, 0.2) is 24.3 Å². The molecule has 1 aromatic carbocycles. The first-order chi connectivity index (χ1) is 12.5. The highest BCUT2D eigenvalue weighted by atomic mass is 16.6. The molecule has 142 valence electrons. The van der Waals surface area contributed by atoms with Gasteiger partial charge in [0, 0.05) is 5.92 Å². The minimum atomic E-state index is -0.216. The number of hydrogen-bond acceptors (Lipinski definition) is 5. The van der Waals surface area contributed by atoms with Crippen LogP contribution in [-0.2, 0) is 14.3 Å². The summed E-state index contributed by atoms with van der Waals surface area (Å²) in [4.78, 5) is 24.6. The molecule has 1 heterocycles. The largest absolute Gasteiger partial charge is 0.426 e. The third kappa shape index (κ3) is 4.44. The Bertz CT molecular complexity index is 630. The van der Waals surface area contributed by atoms with E-state index in [1.807, 2.05) is 13.8 Å². The molecule has 0 spiro atoms. The Balaban J connectivity index is 1.57. The summed E-state index contributed by atoms with van der Waals surface area (Å²) >= 11 is 0. The van der Waals surface area contributed by atoms with E-state index in [1.54, 1.807) is 24.3 Å². The SMILES string of the molecule is CCC(CC)C(=O)Oc1ccc(OC(=O)C2CC(C)CC2C2CO2)cc1. The number of rotatable bonds is 7. The number of carbonyl (C=O) groups excluding carboxylic acids is 2. The predicted molar refractivity (Wildman–Crippen MR) is 96.9 cm³/mol. The lowest BCUT2D eigenvalue weighted by molar-refractivity contribution is -0.141. The van der Waals surface area contributed by atoms with Gasteiger partial charge in [0.25, 0.3) is 0 Å². The van der Waals surface area contributed by atoms with Gasteiger partial charge < -0.3 is 14.2 Å². The highest BCUT2D eigenvalue weighted by Crippen LogP contribution is 2.43. The van der Waals surface area contributed by atoms with E-state index in [4.69, 9.17) is 14.2 Å². The second-order valence-electron chi connectivity index (χ2n) is 7.55. The summed E-state index contributed by atoms with van der Waals surface area (Å²) < 4.78 is 16.4. The first-order valence-corrected chi connectivity index (χ1v) is 9.66. The minimum absolute atomic E-state index is 0.0848. The van der Waals surface area contributed by atoms with E-state index in [-0.39, 0.29) is 35.8 Å². The van der Waals surface area contributed by atoms with E-state index >= 15 is 0 Å². The van der Waals surface area contributed by atoms with Crippen molar-refractivity contribution in [1.29, 1.82) is 0 Å². The van der Waals surface area contributed by atoms with Gasteiger partial charge in [-0.15, -0.1) is 0 Å².